The van der Waals surface area contributed by atoms with Gasteiger partial charge in [0, 0.05) is 12.1 Å². The van der Waals surface area contributed by atoms with Crippen LogP contribution >= 0.6 is 0 Å². The summed E-state index contributed by atoms with van der Waals surface area (Å²) in [6.07, 6.45) is 2.59. The standard InChI is InChI=1S/C11H13NO/c1-2-3-9-12-11(13)10-7-5-4-6-8-10/h2,4-8H,1,3,9H2,(H,12,13). The molecule has 0 unspecified atom stereocenters. The fraction of sp³-hybridized carbons (Fsp3) is 0.182. The first-order valence-corrected chi connectivity index (χ1v) is 4.28. The van der Waals surface area contributed by atoms with Crippen LogP contribution in [-0.4, -0.2) is 12.5 Å². The first kappa shape index (κ1) is 9.52. The van der Waals surface area contributed by atoms with Gasteiger partial charge >= 0.3 is 0 Å². The minimum Gasteiger partial charge on any atom is -0.352 e. The lowest BCUT2D eigenvalue weighted by molar-refractivity contribution is 0.0954. The molecule has 1 aromatic carbocycles. The lowest BCUT2D eigenvalue weighted by Gasteiger charge is -2.02. The van der Waals surface area contributed by atoms with E-state index in [-0.39, 0.29) is 5.91 Å². The number of nitrogens with one attached hydrogen (secondary N) is 1. The van der Waals surface area contributed by atoms with E-state index in [2.05, 4.69) is 11.9 Å². The Morgan fingerprint density at radius 1 is 1.38 bits per heavy atom. The maximum atomic E-state index is 11.4. The van der Waals surface area contributed by atoms with Crippen LogP contribution in [0, 0.1) is 0 Å². The van der Waals surface area contributed by atoms with E-state index in [1.165, 1.54) is 0 Å². The van der Waals surface area contributed by atoms with Gasteiger partial charge in [-0.2, -0.15) is 0 Å². The minimum atomic E-state index is -0.0255. The normalized spacial score (nSPS) is 9.23. The fourth-order valence-electron chi connectivity index (χ4n) is 0.979. The highest BCUT2D eigenvalue weighted by atomic mass is 16.1. The Morgan fingerprint density at radius 2 is 2.08 bits per heavy atom. The molecule has 0 aliphatic heterocycles. The SMILES string of the molecule is C=CCCNC(=O)c1ccccc1. The van der Waals surface area contributed by atoms with Crippen molar-refractivity contribution in [1.29, 1.82) is 0 Å². The van der Waals surface area contributed by atoms with Gasteiger partial charge in [-0.1, -0.05) is 24.3 Å². The Kier molecular flexibility index (Phi) is 3.76. The number of rotatable bonds is 4. The van der Waals surface area contributed by atoms with Gasteiger partial charge < -0.3 is 5.32 Å². The Labute approximate surface area is 78.3 Å². The highest BCUT2D eigenvalue weighted by Gasteiger charge is 2.01. The molecular formula is C11H13NO. The number of carbonyl (C=O) groups is 1. The van der Waals surface area contributed by atoms with Crippen molar-refractivity contribution >= 4 is 5.91 Å². The predicted octanol–water partition coefficient (Wildman–Crippen LogP) is 1.99. The third kappa shape index (κ3) is 3.11. The molecule has 0 heterocycles. The zero-order chi connectivity index (χ0) is 9.52. The molecule has 1 N–H and O–H groups in total. The highest BCUT2D eigenvalue weighted by molar-refractivity contribution is 5.94. The third-order valence-electron chi connectivity index (χ3n) is 1.67. The second-order valence-electron chi connectivity index (χ2n) is 2.70. The molecule has 0 fully saturated rings. The largest absolute Gasteiger partial charge is 0.352 e. The molecule has 0 bridgehead atoms. The van der Waals surface area contributed by atoms with Gasteiger partial charge in [-0.15, -0.1) is 6.58 Å². The van der Waals surface area contributed by atoms with E-state index in [0.29, 0.717) is 12.1 Å². The topological polar surface area (TPSA) is 29.1 Å². The molecule has 2 heteroatoms. The molecule has 0 spiro atoms. The van der Waals surface area contributed by atoms with E-state index in [1.54, 1.807) is 18.2 Å². The van der Waals surface area contributed by atoms with Gasteiger partial charge in [0.25, 0.3) is 5.91 Å². The van der Waals surface area contributed by atoms with Crippen molar-refractivity contribution in [2.24, 2.45) is 0 Å². The van der Waals surface area contributed by atoms with Crippen LogP contribution in [0.4, 0.5) is 0 Å². The van der Waals surface area contributed by atoms with E-state index < -0.39 is 0 Å². The maximum absolute atomic E-state index is 11.4. The summed E-state index contributed by atoms with van der Waals surface area (Å²) < 4.78 is 0. The highest BCUT2D eigenvalue weighted by Crippen LogP contribution is 1.97. The van der Waals surface area contributed by atoms with E-state index in [9.17, 15) is 4.79 Å². The van der Waals surface area contributed by atoms with Crippen LogP contribution in [0.15, 0.2) is 43.0 Å². The van der Waals surface area contributed by atoms with Crippen molar-refractivity contribution in [3.63, 3.8) is 0 Å². The van der Waals surface area contributed by atoms with Crippen LogP contribution in [0.3, 0.4) is 0 Å². The molecule has 0 radical (unpaired) electrons. The molecule has 0 aliphatic carbocycles. The van der Waals surface area contributed by atoms with Crippen LogP contribution in [0.5, 0.6) is 0 Å². The summed E-state index contributed by atoms with van der Waals surface area (Å²) in [4.78, 5) is 11.4. The van der Waals surface area contributed by atoms with Crippen LogP contribution in [0.1, 0.15) is 16.8 Å². The molecular weight excluding hydrogens is 162 g/mol. The predicted molar refractivity (Wildman–Crippen MR) is 53.6 cm³/mol. The molecule has 2 nitrogen and oxygen atoms in total. The molecule has 0 saturated carbocycles. The van der Waals surface area contributed by atoms with E-state index in [1.807, 2.05) is 18.2 Å². The monoisotopic (exact) mass is 175 g/mol. The van der Waals surface area contributed by atoms with Crippen LogP contribution in [-0.2, 0) is 0 Å². The average Bonchev–Trinajstić information content (AvgIpc) is 2.19. The minimum absolute atomic E-state index is 0.0255. The van der Waals surface area contributed by atoms with Crippen molar-refractivity contribution in [2.75, 3.05) is 6.54 Å². The summed E-state index contributed by atoms with van der Waals surface area (Å²) >= 11 is 0. The van der Waals surface area contributed by atoms with Gasteiger partial charge in [0.1, 0.15) is 0 Å². The van der Waals surface area contributed by atoms with Crippen LogP contribution in [0.2, 0.25) is 0 Å². The number of amides is 1. The van der Waals surface area contributed by atoms with Crippen LogP contribution < -0.4 is 5.32 Å². The molecule has 0 aromatic heterocycles. The maximum Gasteiger partial charge on any atom is 0.251 e. The zero-order valence-electron chi connectivity index (χ0n) is 7.49. The summed E-state index contributed by atoms with van der Waals surface area (Å²) in [6, 6.07) is 9.18. The van der Waals surface area contributed by atoms with Crippen molar-refractivity contribution in [1.82, 2.24) is 5.32 Å². The zero-order valence-corrected chi connectivity index (χ0v) is 7.49. The summed E-state index contributed by atoms with van der Waals surface area (Å²) in [5.41, 5.74) is 0.701. The Bertz CT molecular complexity index is 279. The summed E-state index contributed by atoms with van der Waals surface area (Å²) in [5, 5.41) is 2.79. The second-order valence-corrected chi connectivity index (χ2v) is 2.70. The van der Waals surface area contributed by atoms with Gasteiger partial charge in [-0.05, 0) is 18.6 Å². The molecule has 68 valence electrons. The van der Waals surface area contributed by atoms with Gasteiger partial charge in [0.2, 0.25) is 0 Å². The quantitative estimate of drug-likeness (QED) is 0.550. The second kappa shape index (κ2) is 5.14. The summed E-state index contributed by atoms with van der Waals surface area (Å²) in [7, 11) is 0. The van der Waals surface area contributed by atoms with Crippen molar-refractivity contribution in [2.45, 2.75) is 6.42 Å². The molecule has 0 aliphatic rings. The van der Waals surface area contributed by atoms with Crippen molar-refractivity contribution in [3.8, 4) is 0 Å². The van der Waals surface area contributed by atoms with Crippen molar-refractivity contribution in [3.05, 3.63) is 48.6 Å². The molecule has 1 rings (SSSR count). The summed E-state index contributed by atoms with van der Waals surface area (Å²) in [6.45, 7) is 4.23. The van der Waals surface area contributed by atoms with E-state index >= 15 is 0 Å². The number of hydrogen-bond donors (Lipinski definition) is 1. The van der Waals surface area contributed by atoms with Gasteiger partial charge in [-0.3, -0.25) is 4.79 Å². The average molecular weight is 175 g/mol. The Hall–Kier alpha value is -1.57. The number of hydrogen-bond acceptors (Lipinski definition) is 1. The number of benzene rings is 1. The van der Waals surface area contributed by atoms with Gasteiger partial charge in [0.05, 0.1) is 0 Å². The first-order chi connectivity index (χ1) is 6.34. The fourth-order valence-corrected chi connectivity index (χ4v) is 0.979. The van der Waals surface area contributed by atoms with Crippen LogP contribution in [0.25, 0.3) is 0 Å². The van der Waals surface area contributed by atoms with Crippen molar-refractivity contribution < 1.29 is 4.79 Å². The van der Waals surface area contributed by atoms with Gasteiger partial charge in [-0.25, -0.2) is 0 Å². The third-order valence-corrected chi connectivity index (χ3v) is 1.67. The Morgan fingerprint density at radius 3 is 2.69 bits per heavy atom. The first-order valence-electron chi connectivity index (χ1n) is 4.28. The van der Waals surface area contributed by atoms with E-state index in [4.69, 9.17) is 0 Å². The molecule has 13 heavy (non-hydrogen) atoms. The molecule has 1 aromatic rings. The van der Waals surface area contributed by atoms with Gasteiger partial charge in [0.15, 0.2) is 0 Å². The smallest absolute Gasteiger partial charge is 0.251 e. The molecule has 0 atom stereocenters. The lowest BCUT2D eigenvalue weighted by Crippen LogP contribution is -2.23. The van der Waals surface area contributed by atoms with E-state index in [0.717, 1.165) is 6.42 Å². The lowest BCUT2D eigenvalue weighted by atomic mass is 10.2. The molecule has 1 amide bonds. The molecule has 0 saturated heterocycles. The summed E-state index contributed by atoms with van der Waals surface area (Å²) in [5.74, 6) is -0.0255. The Balaban J connectivity index is 2.45. The number of carbonyl (C=O) groups excluding carboxylic acids is 1.